The van der Waals surface area contributed by atoms with Gasteiger partial charge in [0.15, 0.2) is 0 Å². The predicted octanol–water partition coefficient (Wildman–Crippen LogP) is -1.88. The summed E-state index contributed by atoms with van der Waals surface area (Å²) in [5.74, 6) is -5.05. The van der Waals surface area contributed by atoms with Crippen molar-refractivity contribution in [2.45, 2.75) is 116 Å². The largest absolute Gasteiger partial charge is 3.00 e. The van der Waals surface area contributed by atoms with Crippen molar-refractivity contribution in [1.82, 2.24) is 36.0 Å². The number of hydrogen-bond donors (Lipinski definition) is 4. The van der Waals surface area contributed by atoms with Gasteiger partial charge in [0, 0.05) is 99.1 Å². The van der Waals surface area contributed by atoms with Crippen molar-refractivity contribution in [1.29, 1.82) is 0 Å². The molecule has 0 aromatic rings. The van der Waals surface area contributed by atoms with Gasteiger partial charge in [-0.15, -0.1) is 0 Å². The Morgan fingerprint density at radius 2 is 0.449 bits per heavy atom. The average Bonchev–Trinajstić information content (AvgIpc) is 3.59. The van der Waals surface area contributed by atoms with Gasteiger partial charge in [-0.05, 0) is 25.7 Å². The summed E-state index contributed by atoms with van der Waals surface area (Å²) in [4.78, 5) is 89.0. The van der Waals surface area contributed by atoms with Crippen molar-refractivity contribution in [2.24, 2.45) is 0 Å². The summed E-state index contributed by atoms with van der Waals surface area (Å²) in [5.41, 5.74) is 0. The summed E-state index contributed by atoms with van der Waals surface area (Å²) in [6.45, 7) is 11.8. The van der Waals surface area contributed by atoms with Gasteiger partial charge < -0.3 is 117 Å². The van der Waals surface area contributed by atoms with E-state index < -0.39 is 49.4 Å². The van der Waals surface area contributed by atoms with Gasteiger partial charge in [0.2, 0.25) is 23.6 Å². The fraction of sp³-hybridized carbons (Fsp3) is 0.894. The number of methoxy groups -OCH3 is 2. The molecule has 0 aliphatic rings. The van der Waals surface area contributed by atoms with E-state index in [-0.39, 0.29) is 91.0 Å². The van der Waals surface area contributed by atoms with Crippen LogP contribution in [0.25, 0.3) is 0 Å². The van der Waals surface area contributed by atoms with Crippen LogP contribution in [0.3, 0.4) is 0 Å². The zero-order valence-electron chi connectivity index (χ0n) is 59.3. The van der Waals surface area contributed by atoms with Crippen LogP contribution in [0.2, 0.25) is 0 Å². The summed E-state index contributed by atoms with van der Waals surface area (Å²) < 4.78 is 75.2. The first-order valence-corrected chi connectivity index (χ1v) is 35.1. The minimum Gasteiger partial charge on any atom is -0.549 e. The molecule has 0 spiro atoms. The topological polar surface area (TPSA) is 376 Å². The number of unbranched alkanes of at least 4 members (excludes halogenated alkanes) is 14. The summed E-state index contributed by atoms with van der Waals surface area (Å²) in [6, 6.07) is 0. The van der Waals surface area contributed by atoms with Gasteiger partial charge in [-0.25, -0.2) is 0 Å². The Labute approximate surface area is 615 Å². The maximum atomic E-state index is 12.8. The van der Waals surface area contributed by atoms with Gasteiger partial charge in [-0.3, -0.25) is 33.9 Å². The number of carbonyl (C=O) groups is 7. The Morgan fingerprint density at radius 1 is 0.245 bits per heavy atom. The van der Waals surface area contributed by atoms with Crippen molar-refractivity contribution in [3.63, 3.8) is 0 Å². The molecule has 1 radical (unpaired) electrons. The molecule has 31 nitrogen and oxygen atoms in total. The maximum absolute atomic E-state index is 12.8. The molecule has 0 aromatic heterocycles. The molecule has 98 heavy (non-hydrogen) atoms. The van der Waals surface area contributed by atoms with Crippen LogP contribution >= 0.6 is 0 Å². The maximum Gasteiger partial charge on any atom is 3.00 e. The molecule has 0 bridgehead atoms. The van der Waals surface area contributed by atoms with Crippen molar-refractivity contribution in [2.75, 3.05) is 271 Å². The normalized spacial score (nSPS) is 11.4. The third kappa shape index (κ3) is 77.1. The van der Waals surface area contributed by atoms with Crippen LogP contribution in [-0.2, 0) is 99.9 Å². The van der Waals surface area contributed by atoms with Crippen molar-refractivity contribution in [3.05, 3.63) is 0 Å². The van der Waals surface area contributed by atoms with E-state index in [4.69, 9.17) is 66.3 Å². The van der Waals surface area contributed by atoms with E-state index in [9.17, 15) is 48.9 Å². The second-order valence-corrected chi connectivity index (χ2v) is 22.7. The van der Waals surface area contributed by atoms with Crippen LogP contribution in [-0.4, -0.2) is 327 Å². The minimum absolute atomic E-state index is 0. The van der Waals surface area contributed by atoms with Crippen molar-refractivity contribution < 1.29 is 155 Å². The van der Waals surface area contributed by atoms with E-state index in [0.29, 0.717) is 211 Å². The van der Waals surface area contributed by atoms with Crippen LogP contribution in [0, 0.1) is 39.9 Å². The molecule has 0 unspecified atom stereocenters. The number of ether oxygens (including phenoxy) is 14. The quantitative estimate of drug-likeness (QED) is 0.0484. The molecule has 575 valence electrons. The predicted molar refractivity (Wildman–Crippen MR) is 353 cm³/mol. The molecular weight excluding hydrogens is 1430 g/mol. The zero-order chi connectivity index (χ0) is 70.8. The Morgan fingerprint density at radius 3 is 0.704 bits per heavy atom. The Balaban J connectivity index is 0. The summed E-state index contributed by atoms with van der Waals surface area (Å²) >= 11 is 0. The smallest absolute Gasteiger partial charge is 0.549 e. The first kappa shape index (κ1) is 97.0. The van der Waals surface area contributed by atoms with E-state index in [2.05, 4.69) is 21.3 Å². The van der Waals surface area contributed by atoms with Crippen molar-refractivity contribution in [3.8, 4) is 0 Å². The molecular formula is C66H124GdN7O24. The van der Waals surface area contributed by atoms with Crippen LogP contribution in [0.15, 0.2) is 0 Å². The number of carboxylic acid groups (broad SMARTS) is 3. The first-order valence-electron chi connectivity index (χ1n) is 35.1. The molecule has 0 aliphatic heterocycles. The SMILES string of the molecule is COCCOCCOCCOCCOCCOCCOCCNC(=O)CCCCCCCCCCNC(=O)CN(CCN(CCN(CC(=O)[O-])CC(=O)NCCCCCCCCCCC(=O)NCCOCCOCCOCCOCCOCCOCCOC)CC(=O)[O-])CC(=O)[O-].[Gd+3]. The zero-order valence-corrected chi connectivity index (χ0v) is 61.6. The number of carboxylic acids is 3. The molecule has 0 saturated heterocycles. The van der Waals surface area contributed by atoms with E-state index in [1.54, 1.807) is 14.2 Å². The monoisotopic (exact) mass is 1560 g/mol. The standard InChI is InChI=1S/C66H127N7O24.Gd/c1-84-31-33-88-39-41-92-47-49-96-53-51-94-45-43-90-37-35-86-29-23-69-60(74)19-15-11-7-3-5-9-13-17-21-67-62(76)55-72(58-65(80)81)27-25-71(57-64(78)79)26-28-73(59-66(82)83)56-63(77)68-22-18-14-10-6-4-8-12-16-20-61(75)70-24-30-87-36-38-91-44-46-95-52-54-97-50-48-93-42-40-89-34-32-85-2;/h3-59H2,1-2H3,(H,67,76)(H,68,77)(H,69,74)(H,70,75)(H,78,79)(H,80,81)(H,82,83);/q;+3/p-3. The average molecular weight is 1560 g/mol. The van der Waals surface area contributed by atoms with Gasteiger partial charge in [0.25, 0.3) is 0 Å². The molecule has 0 heterocycles. The first-order chi connectivity index (χ1) is 47.4. The number of rotatable bonds is 80. The Bertz CT molecular complexity index is 1730. The Hall–Kier alpha value is -3.07. The fourth-order valence-corrected chi connectivity index (χ4v) is 9.12. The fourth-order valence-electron chi connectivity index (χ4n) is 9.12. The van der Waals surface area contributed by atoms with Crippen molar-refractivity contribution >= 4 is 41.5 Å². The van der Waals surface area contributed by atoms with Gasteiger partial charge in [0.05, 0.1) is 203 Å². The van der Waals surface area contributed by atoms with Crippen LogP contribution in [0.4, 0.5) is 0 Å². The molecule has 0 fully saturated rings. The van der Waals surface area contributed by atoms with E-state index in [0.717, 1.165) is 103 Å². The Kier molecular flexibility index (Phi) is 77.3. The van der Waals surface area contributed by atoms with Crippen LogP contribution in [0.5, 0.6) is 0 Å². The summed E-state index contributed by atoms with van der Waals surface area (Å²) in [7, 11) is 3.26. The van der Waals surface area contributed by atoms with Gasteiger partial charge in [0.1, 0.15) is 0 Å². The third-order valence-electron chi connectivity index (χ3n) is 14.3. The van der Waals surface area contributed by atoms with Crippen LogP contribution < -0.4 is 36.6 Å². The number of nitrogens with zero attached hydrogens (tertiary/aromatic N) is 3. The molecule has 4 N–H and O–H groups in total. The molecule has 4 amide bonds. The molecule has 0 aliphatic carbocycles. The molecule has 0 rings (SSSR count). The van der Waals surface area contributed by atoms with E-state index in [1.165, 1.54) is 14.7 Å². The number of amides is 4. The third-order valence-corrected chi connectivity index (χ3v) is 14.3. The van der Waals surface area contributed by atoms with Gasteiger partial charge in [-0.1, -0.05) is 77.0 Å². The minimum atomic E-state index is -1.42. The second kappa shape index (κ2) is 78.1. The van der Waals surface area contributed by atoms with Gasteiger partial charge in [-0.2, -0.15) is 0 Å². The number of aliphatic carboxylic acids is 3. The van der Waals surface area contributed by atoms with E-state index in [1.807, 2.05) is 0 Å². The molecule has 0 aromatic carbocycles. The molecule has 32 heteroatoms. The number of nitrogens with one attached hydrogen (secondary N) is 4. The molecule has 0 atom stereocenters. The number of hydrogen-bond acceptors (Lipinski definition) is 27. The number of carbonyl (C=O) groups excluding carboxylic acids is 7. The second-order valence-electron chi connectivity index (χ2n) is 22.7. The van der Waals surface area contributed by atoms with E-state index >= 15 is 0 Å². The van der Waals surface area contributed by atoms with Gasteiger partial charge >= 0.3 is 39.9 Å². The molecule has 0 saturated carbocycles. The summed E-state index contributed by atoms with van der Waals surface area (Å²) in [5, 5.41) is 46.2. The van der Waals surface area contributed by atoms with Crippen LogP contribution in [0.1, 0.15) is 116 Å². The summed E-state index contributed by atoms with van der Waals surface area (Å²) in [6.07, 6.45) is 15.7.